The first-order chi connectivity index (χ1) is 9.09. The van der Waals surface area contributed by atoms with Crippen LogP contribution in [-0.4, -0.2) is 20.8 Å². The van der Waals surface area contributed by atoms with E-state index in [4.69, 9.17) is 0 Å². The highest BCUT2D eigenvalue weighted by Crippen LogP contribution is 2.55. The van der Waals surface area contributed by atoms with Crippen LogP contribution in [0.2, 0.25) is 0 Å². The van der Waals surface area contributed by atoms with Gasteiger partial charge in [0.25, 0.3) is 0 Å². The molecule has 1 fully saturated rings. The highest BCUT2D eigenvalue weighted by Gasteiger charge is 2.52. The molecule has 1 aliphatic heterocycles. The maximum atomic E-state index is 10.5. The summed E-state index contributed by atoms with van der Waals surface area (Å²) in [5.41, 5.74) is 3.82. The SMILES string of the molecule is CC1(C)C[C@@H](C2c3ccccc3-c3cncn32)[C@@H]1O. The number of benzene rings is 1. The van der Waals surface area contributed by atoms with Crippen molar-refractivity contribution >= 4 is 0 Å². The van der Waals surface area contributed by atoms with Crippen LogP contribution >= 0.6 is 0 Å². The molecule has 0 amide bonds. The second-order valence-electron chi connectivity index (χ2n) is 6.52. The summed E-state index contributed by atoms with van der Waals surface area (Å²) >= 11 is 0. The number of imidazole rings is 1. The van der Waals surface area contributed by atoms with E-state index in [0.29, 0.717) is 5.92 Å². The van der Waals surface area contributed by atoms with E-state index in [1.165, 1.54) is 16.8 Å². The quantitative estimate of drug-likeness (QED) is 0.849. The number of fused-ring (bicyclic) bond motifs is 3. The van der Waals surface area contributed by atoms with Gasteiger partial charge in [-0.05, 0) is 17.4 Å². The van der Waals surface area contributed by atoms with E-state index in [-0.39, 0.29) is 17.6 Å². The fraction of sp³-hybridized carbons (Fsp3) is 0.438. The number of aromatic nitrogens is 2. The van der Waals surface area contributed by atoms with Crippen LogP contribution in [0.1, 0.15) is 31.9 Å². The molecule has 0 spiro atoms. The van der Waals surface area contributed by atoms with Gasteiger partial charge in [-0.15, -0.1) is 0 Å². The van der Waals surface area contributed by atoms with E-state index in [9.17, 15) is 5.11 Å². The molecule has 1 aliphatic carbocycles. The summed E-state index contributed by atoms with van der Waals surface area (Å²) in [4.78, 5) is 4.28. The van der Waals surface area contributed by atoms with Crippen molar-refractivity contribution in [2.24, 2.45) is 11.3 Å². The normalized spacial score (nSPS) is 30.6. The molecule has 1 aromatic carbocycles. The minimum Gasteiger partial charge on any atom is -0.392 e. The zero-order valence-corrected chi connectivity index (χ0v) is 11.2. The van der Waals surface area contributed by atoms with Gasteiger partial charge in [0.05, 0.1) is 30.4 Å². The maximum Gasteiger partial charge on any atom is 0.0956 e. The highest BCUT2D eigenvalue weighted by atomic mass is 16.3. The number of rotatable bonds is 1. The summed E-state index contributed by atoms with van der Waals surface area (Å²) < 4.78 is 2.23. The third-order valence-corrected chi connectivity index (χ3v) is 4.89. The fourth-order valence-corrected chi connectivity index (χ4v) is 3.85. The van der Waals surface area contributed by atoms with E-state index in [1.807, 2.05) is 12.5 Å². The van der Waals surface area contributed by atoms with Crippen LogP contribution < -0.4 is 0 Å². The summed E-state index contributed by atoms with van der Waals surface area (Å²) in [7, 11) is 0. The van der Waals surface area contributed by atoms with Gasteiger partial charge >= 0.3 is 0 Å². The molecule has 2 aromatic rings. The summed E-state index contributed by atoms with van der Waals surface area (Å²) in [5, 5.41) is 10.5. The lowest BCUT2D eigenvalue weighted by atomic mass is 9.58. The number of hydrogen-bond donors (Lipinski definition) is 1. The van der Waals surface area contributed by atoms with Crippen molar-refractivity contribution in [1.82, 2.24) is 9.55 Å². The van der Waals surface area contributed by atoms with E-state index in [2.05, 4.69) is 47.7 Å². The monoisotopic (exact) mass is 254 g/mol. The van der Waals surface area contributed by atoms with Gasteiger partial charge in [-0.25, -0.2) is 4.98 Å². The average molecular weight is 254 g/mol. The Balaban J connectivity index is 1.82. The van der Waals surface area contributed by atoms with Gasteiger partial charge in [0, 0.05) is 11.5 Å². The Morgan fingerprint density at radius 1 is 1.32 bits per heavy atom. The topological polar surface area (TPSA) is 38.0 Å². The number of aliphatic hydroxyl groups is 1. The first-order valence-electron chi connectivity index (χ1n) is 6.89. The van der Waals surface area contributed by atoms with Crippen LogP contribution in [0, 0.1) is 11.3 Å². The predicted octanol–water partition coefficient (Wildman–Crippen LogP) is 2.86. The third-order valence-electron chi connectivity index (χ3n) is 4.89. The lowest BCUT2D eigenvalue weighted by Gasteiger charge is -2.51. The minimum absolute atomic E-state index is 0.0446. The van der Waals surface area contributed by atoms with Crippen LogP contribution in [0.25, 0.3) is 11.3 Å². The lowest BCUT2D eigenvalue weighted by Crippen LogP contribution is -2.51. The van der Waals surface area contributed by atoms with Crippen molar-refractivity contribution in [2.45, 2.75) is 32.4 Å². The number of hydrogen-bond acceptors (Lipinski definition) is 2. The molecule has 98 valence electrons. The molecule has 2 heterocycles. The Morgan fingerprint density at radius 3 is 2.84 bits per heavy atom. The molecule has 3 nitrogen and oxygen atoms in total. The fourth-order valence-electron chi connectivity index (χ4n) is 3.85. The average Bonchev–Trinajstić information content (AvgIpc) is 2.96. The van der Waals surface area contributed by atoms with Gasteiger partial charge in [0.1, 0.15) is 0 Å². The molecule has 4 rings (SSSR count). The molecule has 0 bridgehead atoms. The van der Waals surface area contributed by atoms with Gasteiger partial charge in [0.2, 0.25) is 0 Å². The molecule has 0 saturated heterocycles. The van der Waals surface area contributed by atoms with Gasteiger partial charge < -0.3 is 9.67 Å². The largest absolute Gasteiger partial charge is 0.392 e. The summed E-state index contributed by atoms with van der Waals surface area (Å²) in [6, 6.07) is 8.74. The molecular weight excluding hydrogens is 236 g/mol. The Morgan fingerprint density at radius 2 is 2.11 bits per heavy atom. The van der Waals surface area contributed by atoms with Crippen LogP contribution in [0.5, 0.6) is 0 Å². The predicted molar refractivity (Wildman–Crippen MR) is 73.7 cm³/mol. The van der Waals surface area contributed by atoms with Crippen molar-refractivity contribution in [3.8, 4) is 11.3 Å². The van der Waals surface area contributed by atoms with Gasteiger partial charge in [-0.1, -0.05) is 38.1 Å². The summed E-state index contributed by atoms with van der Waals surface area (Å²) in [5.74, 6) is 0.298. The zero-order valence-electron chi connectivity index (χ0n) is 11.2. The van der Waals surface area contributed by atoms with Crippen LogP contribution in [0.15, 0.2) is 36.8 Å². The number of aliphatic hydroxyl groups excluding tert-OH is 1. The van der Waals surface area contributed by atoms with Gasteiger partial charge in [0.15, 0.2) is 0 Å². The first kappa shape index (κ1) is 11.2. The van der Waals surface area contributed by atoms with E-state index < -0.39 is 0 Å². The smallest absolute Gasteiger partial charge is 0.0956 e. The standard InChI is InChI=1S/C16H18N2O/c1-16(2)7-12(15(16)19)14-11-6-4-3-5-10(11)13-8-17-9-18(13)14/h3-6,8-9,12,14-15,19H,7H2,1-2H3/t12-,14?,15-/m0/s1. The first-order valence-corrected chi connectivity index (χ1v) is 6.89. The Bertz CT molecular complexity index is 644. The second-order valence-corrected chi connectivity index (χ2v) is 6.52. The molecule has 3 heteroatoms. The van der Waals surface area contributed by atoms with E-state index in [0.717, 1.165) is 6.42 Å². The van der Waals surface area contributed by atoms with Crippen molar-refractivity contribution in [3.63, 3.8) is 0 Å². The van der Waals surface area contributed by atoms with Crippen LogP contribution in [0.4, 0.5) is 0 Å². The van der Waals surface area contributed by atoms with Crippen molar-refractivity contribution in [1.29, 1.82) is 0 Å². The summed E-state index contributed by atoms with van der Waals surface area (Å²) in [6.07, 6.45) is 4.65. The molecule has 2 aliphatic rings. The van der Waals surface area contributed by atoms with Crippen molar-refractivity contribution in [2.75, 3.05) is 0 Å². The lowest BCUT2D eigenvalue weighted by molar-refractivity contribution is -0.112. The Kier molecular flexibility index (Phi) is 2.06. The minimum atomic E-state index is -0.237. The third kappa shape index (κ3) is 1.34. The molecule has 1 aromatic heterocycles. The molecular formula is C16H18N2O. The molecule has 0 radical (unpaired) electrons. The summed E-state index contributed by atoms with van der Waals surface area (Å²) in [6.45, 7) is 4.29. The van der Waals surface area contributed by atoms with Gasteiger partial charge in [-0.2, -0.15) is 0 Å². The van der Waals surface area contributed by atoms with E-state index in [1.54, 1.807) is 0 Å². The Labute approximate surface area is 112 Å². The molecule has 19 heavy (non-hydrogen) atoms. The Hall–Kier alpha value is -1.61. The molecule has 3 atom stereocenters. The number of nitrogens with zero attached hydrogens (tertiary/aromatic N) is 2. The molecule has 1 unspecified atom stereocenters. The van der Waals surface area contributed by atoms with Crippen LogP contribution in [-0.2, 0) is 0 Å². The second kappa shape index (κ2) is 3.48. The van der Waals surface area contributed by atoms with Crippen molar-refractivity contribution in [3.05, 3.63) is 42.4 Å². The van der Waals surface area contributed by atoms with Gasteiger partial charge in [-0.3, -0.25) is 0 Å². The molecule has 1 N–H and O–H groups in total. The van der Waals surface area contributed by atoms with Crippen LogP contribution in [0.3, 0.4) is 0 Å². The van der Waals surface area contributed by atoms with E-state index >= 15 is 0 Å². The highest BCUT2D eigenvalue weighted by molar-refractivity contribution is 5.69. The molecule has 1 saturated carbocycles. The maximum absolute atomic E-state index is 10.5. The van der Waals surface area contributed by atoms with Crippen molar-refractivity contribution < 1.29 is 5.11 Å². The zero-order chi connectivity index (χ0) is 13.2.